The first-order valence-corrected chi connectivity index (χ1v) is 6.81. The summed E-state index contributed by atoms with van der Waals surface area (Å²) in [7, 11) is 1.61. The molecule has 0 heterocycles. The number of hydrogen-bond acceptors (Lipinski definition) is 3. The molecule has 1 rings (SSSR count). The second-order valence-corrected chi connectivity index (χ2v) is 5.74. The Morgan fingerprint density at radius 3 is 2.52 bits per heavy atom. The summed E-state index contributed by atoms with van der Waals surface area (Å²) in [5.74, 6) is 0.222. The number of likely N-dealkylation sites (N-methyl/N-ethyl adjacent to an activating group) is 1. The van der Waals surface area contributed by atoms with E-state index in [0.717, 1.165) is 0 Å². The Balaban J connectivity index is 2.37. The van der Waals surface area contributed by atoms with Gasteiger partial charge in [0.15, 0.2) is 0 Å². The molecule has 2 N–H and O–H groups in total. The van der Waals surface area contributed by atoms with Gasteiger partial charge >= 0.3 is 6.03 Å². The van der Waals surface area contributed by atoms with Crippen LogP contribution in [-0.4, -0.2) is 47.9 Å². The third kappa shape index (κ3) is 6.94. The Labute approximate surface area is 124 Å². The second-order valence-electron chi connectivity index (χ2n) is 5.74. The summed E-state index contributed by atoms with van der Waals surface area (Å²) in [4.78, 5) is 13.2. The molecule has 0 bridgehead atoms. The zero-order valence-electron chi connectivity index (χ0n) is 12.9. The third-order valence-electron chi connectivity index (χ3n) is 2.66. The maximum Gasteiger partial charge on any atom is 0.317 e. The number of nitrogens with zero attached hydrogens (tertiary/aromatic N) is 1. The van der Waals surface area contributed by atoms with E-state index in [0.29, 0.717) is 12.3 Å². The number of rotatable bonds is 6. The molecule has 0 aliphatic carbocycles. The molecule has 0 fully saturated rings. The first-order chi connectivity index (χ1) is 9.67. The number of carbonyl (C=O) groups excluding carboxylic acids is 1. The van der Waals surface area contributed by atoms with Crippen LogP contribution in [0.25, 0.3) is 0 Å². The lowest BCUT2D eigenvalue weighted by Crippen LogP contribution is -2.46. The predicted molar refractivity (Wildman–Crippen MR) is 78.8 cm³/mol. The maximum atomic E-state index is 12.8. The highest BCUT2D eigenvalue weighted by molar-refractivity contribution is 5.73. The van der Waals surface area contributed by atoms with Gasteiger partial charge in [0.05, 0.1) is 18.7 Å². The molecule has 1 aromatic rings. The summed E-state index contributed by atoms with van der Waals surface area (Å²) >= 11 is 0. The van der Waals surface area contributed by atoms with E-state index in [-0.39, 0.29) is 24.5 Å². The summed E-state index contributed by atoms with van der Waals surface area (Å²) in [6, 6.07) is 5.42. The number of carbonyl (C=O) groups is 1. The molecule has 6 heteroatoms. The van der Waals surface area contributed by atoms with E-state index < -0.39 is 5.60 Å². The van der Waals surface area contributed by atoms with Gasteiger partial charge in [0, 0.05) is 7.05 Å². The summed E-state index contributed by atoms with van der Waals surface area (Å²) in [6.45, 7) is 5.62. The largest absolute Gasteiger partial charge is 0.489 e. The summed E-state index contributed by atoms with van der Waals surface area (Å²) in [5, 5.41) is 12.4. The van der Waals surface area contributed by atoms with Crippen molar-refractivity contribution in [3.63, 3.8) is 0 Å². The Morgan fingerprint density at radius 1 is 1.43 bits per heavy atom. The molecule has 0 saturated carbocycles. The van der Waals surface area contributed by atoms with Crippen LogP contribution in [0.15, 0.2) is 24.3 Å². The van der Waals surface area contributed by atoms with Crippen LogP contribution in [-0.2, 0) is 0 Å². The van der Waals surface area contributed by atoms with E-state index in [9.17, 15) is 14.3 Å². The minimum atomic E-state index is -0.942. The Hall–Kier alpha value is -1.82. The highest BCUT2D eigenvalue weighted by atomic mass is 19.1. The van der Waals surface area contributed by atoms with Gasteiger partial charge in [-0.05, 0) is 45.0 Å². The van der Waals surface area contributed by atoms with Crippen LogP contribution in [0.5, 0.6) is 5.75 Å². The topological polar surface area (TPSA) is 61.8 Å². The van der Waals surface area contributed by atoms with E-state index in [2.05, 4.69) is 5.32 Å². The molecular formula is C15H23FN2O3. The lowest BCUT2D eigenvalue weighted by Gasteiger charge is -2.26. The monoisotopic (exact) mass is 298 g/mol. The van der Waals surface area contributed by atoms with Gasteiger partial charge in [0.2, 0.25) is 0 Å². The second kappa shape index (κ2) is 7.26. The third-order valence-corrected chi connectivity index (χ3v) is 2.66. The zero-order valence-corrected chi connectivity index (χ0v) is 12.9. The lowest BCUT2D eigenvalue weighted by atomic mass is 10.1. The Morgan fingerprint density at radius 2 is 2.00 bits per heavy atom. The fraction of sp³-hybridized carbons (Fsp3) is 0.533. The van der Waals surface area contributed by atoms with Crippen LogP contribution in [0.4, 0.5) is 9.18 Å². The van der Waals surface area contributed by atoms with Crippen molar-refractivity contribution >= 4 is 6.03 Å². The smallest absolute Gasteiger partial charge is 0.317 e. The van der Waals surface area contributed by atoms with Gasteiger partial charge in [-0.15, -0.1) is 0 Å². The van der Waals surface area contributed by atoms with Crippen LogP contribution in [0.1, 0.15) is 20.8 Å². The molecule has 1 atom stereocenters. The summed E-state index contributed by atoms with van der Waals surface area (Å²) in [5.41, 5.74) is -0.942. The molecule has 0 radical (unpaired) electrons. The lowest BCUT2D eigenvalue weighted by molar-refractivity contribution is 0.0528. The molecule has 21 heavy (non-hydrogen) atoms. The molecule has 2 amide bonds. The van der Waals surface area contributed by atoms with Gasteiger partial charge in [-0.2, -0.15) is 0 Å². The molecule has 0 aliphatic heterocycles. The number of halogens is 1. The first kappa shape index (κ1) is 17.2. The van der Waals surface area contributed by atoms with E-state index in [1.807, 2.05) is 0 Å². The van der Waals surface area contributed by atoms with Crippen molar-refractivity contribution in [2.24, 2.45) is 0 Å². The number of ether oxygens (including phenoxy) is 1. The molecule has 0 spiro atoms. The quantitative estimate of drug-likeness (QED) is 0.844. The number of hydrogen-bond donors (Lipinski definition) is 2. The van der Waals surface area contributed by atoms with Gasteiger partial charge in [-0.25, -0.2) is 9.18 Å². The molecule has 0 saturated heterocycles. The van der Waals surface area contributed by atoms with Crippen molar-refractivity contribution in [2.75, 3.05) is 20.1 Å². The van der Waals surface area contributed by atoms with Crippen molar-refractivity contribution in [2.45, 2.75) is 32.5 Å². The Kier molecular flexibility index (Phi) is 5.96. The van der Waals surface area contributed by atoms with Crippen molar-refractivity contribution in [1.82, 2.24) is 10.2 Å². The van der Waals surface area contributed by atoms with Gasteiger partial charge in [0.1, 0.15) is 17.7 Å². The Bertz CT molecular complexity index is 457. The maximum absolute atomic E-state index is 12.8. The van der Waals surface area contributed by atoms with Crippen LogP contribution in [0.2, 0.25) is 0 Å². The molecular weight excluding hydrogens is 275 g/mol. The van der Waals surface area contributed by atoms with Crippen molar-refractivity contribution in [3.8, 4) is 5.75 Å². The SMILES string of the molecule is CC(CNC(=O)N(C)CC(C)(C)O)Oc1ccc(F)cc1. The van der Waals surface area contributed by atoms with Gasteiger partial charge in [0.25, 0.3) is 0 Å². The molecule has 0 aliphatic rings. The number of aliphatic hydroxyl groups is 1. The van der Waals surface area contributed by atoms with E-state index in [4.69, 9.17) is 4.74 Å². The average Bonchev–Trinajstić information content (AvgIpc) is 2.36. The fourth-order valence-electron chi connectivity index (χ4n) is 1.81. The highest BCUT2D eigenvalue weighted by Gasteiger charge is 2.19. The van der Waals surface area contributed by atoms with E-state index in [1.165, 1.54) is 29.2 Å². The number of nitrogens with one attached hydrogen (secondary N) is 1. The number of urea groups is 1. The molecule has 5 nitrogen and oxygen atoms in total. The molecule has 1 aromatic carbocycles. The predicted octanol–water partition coefficient (Wildman–Crippen LogP) is 2.01. The van der Waals surface area contributed by atoms with Crippen LogP contribution < -0.4 is 10.1 Å². The van der Waals surface area contributed by atoms with Gasteiger partial charge in [-0.1, -0.05) is 0 Å². The van der Waals surface area contributed by atoms with Gasteiger partial charge < -0.3 is 20.1 Å². The minimum Gasteiger partial charge on any atom is -0.489 e. The standard InChI is InChI=1S/C15H23FN2O3/c1-11(21-13-7-5-12(16)6-8-13)9-17-14(19)18(4)10-15(2,3)20/h5-8,11,20H,9-10H2,1-4H3,(H,17,19). The van der Waals surface area contributed by atoms with E-state index >= 15 is 0 Å². The minimum absolute atomic E-state index is 0.228. The van der Waals surface area contributed by atoms with Crippen LogP contribution in [0.3, 0.4) is 0 Å². The van der Waals surface area contributed by atoms with Crippen molar-refractivity contribution < 1.29 is 19.0 Å². The molecule has 0 aromatic heterocycles. The van der Waals surface area contributed by atoms with Crippen molar-refractivity contribution in [3.05, 3.63) is 30.1 Å². The van der Waals surface area contributed by atoms with E-state index in [1.54, 1.807) is 27.8 Å². The van der Waals surface area contributed by atoms with Crippen LogP contribution in [0, 0.1) is 5.82 Å². The number of amides is 2. The normalized spacial score (nSPS) is 12.7. The zero-order chi connectivity index (χ0) is 16.0. The van der Waals surface area contributed by atoms with Crippen molar-refractivity contribution in [1.29, 1.82) is 0 Å². The number of benzene rings is 1. The first-order valence-electron chi connectivity index (χ1n) is 6.81. The molecule has 1 unspecified atom stereocenters. The summed E-state index contributed by atoms with van der Waals surface area (Å²) < 4.78 is 18.3. The fourth-order valence-corrected chi connectivity index (χ4v) is 1.81. The van der Waals surface area contributed by atoms with Gasteiger partial charge in [-0.3, -0.25) is 0 Å². The summed E-state index contributed by atoms with van der Waals surface area (Å²) in [6.07, 6.45) is -0.255. The highest BCUT2D eigenvalue weighted by Crippen LogP contribution is 2.12. The molecule has 118 valence electrons. The average molecular weight is 298 g/mol. The van der Waals surface area contributed by atoms with Crippen LogP contribution >= 0.6 is 0 Å².